The van der Waals surface area contributed by atoms with Crippen LogP contribution >= 0.6 is 12.2 Å². The molecule has 1 rings (SSSR count). The maximum Gasteiger partial charge on any atom is 0.269 e. The van der Waals surface area contributed by atoms with Gasteiger partial charge in [0, 0.05) is 5.69 Å². The molecule has 2 N–H and O–H groups in total. The highest BCUT2D eigenvalue weighted by atomic mass is 32.1. The average molecular weight is 167 g/mol. The Kier molecular flexibility index (Phi) is 1.87. The van der Waals surface area contributed by atoms with Crippen molar-refractivity contribution in [2.24, 2.45) is 0 Å². The van der Waals surface area contributed by atoms with Crippen LogP contribution in [0.5, 0.6) is 0 Å². The number of nitrogens with one attached hydrogen (secondary N) is 2. The van der Waals surface area contributed by atoms with Crippen LogP contribution in [0.1, 0.15) is 11.3 Å². The zero-order chi connectivity index (χ0) is 8.43. The van der Waals surface area contributed by atoms with Crippen LogP contribution in [0, 0.1) is 23.0 Å². The molecule has 0 bridgehead atoms. The Morgan fingerprint density at radius 3 is 2.64 bits per heavy atom. The van der Waals surface area contributed by atoms with Crippen molar-refractivity contribution >= 4 is 12.2 Å². The quantitative estimate of drug-likeness (QED) is 0.556. The summed E-state index contributed by atoms with van der Waals surface area (Å²) in [6, 6.07) is 1.77. The Morgan fingerprint density at radius 2 is 2.18 bits per heavy atom. The summed E-state index contributed by atoms with van der Waals surface area (Å²) in [5, 5.41) is 8.47. The molecule has 0 saturated heterocycles. The predicted octanol–water partition coefficient (Wildman–Crippen LogP) is 0.613. The molecule has 5 heteroatoms. The number of nitrogens with zero attached hydrogens (tertiary/aromatic N) is 1. The fourth-order valence-electron chi connectivity index (χ4n) is 0.735. The first-order valence-electron chi connectivity index (χ1n) is 2.88. The average Bonchev–Trinajstić information content (AvgIpc) is 1.85. The first kappa shape index (κ1) is 7.69. The van der Waals surface area contributed by atoms with E-state index in [0.29, 0.717) is 5.69 Å². The van der Waals surface area contributed by atoms with Gasteiger partial charge >= 0.3 is 0 Å². The number of aromatic nitrogens is 2. The number of aromatic amines is 2. The molecule has 0 aromatic carbocycles. The summed E-state index contributed by atoms with van der Waals surface area (Å²) < 4.78 is 0.242. The highest BCUT2D eigenvalue weighted by Crippen LogP contribution is 1.92. The SMILES string of the molecule is Cc1[nH]c(=S)[nH]c(=O)c1C#N. The van der Waals surface area contributed by atoms with Crippen molar-refractivity contribution in [2.45, 2.75) is 6.92 Å². The smallest absolute Gasteiger partial charge is 0.269 e. The number of hydrogen-bond donors (Lipinski definition) is 2. The second-order valence-corrected chi connectivity index (χ2v) is 2.43. The van der Waals surface area contributed by atoms with Crippen molar-refractivity contribution < 1.29 is 0 Å². The molecule has 0 saturated carbocycles. The highest BCUT2D eigenvalue weighted by molar-refractivity contribution is 7.71. The van der Waals surface area contributed by atoms with Gasteiger partial charge in [0.1, 0.15) is 11.6 Å². The Balaban J connectivity index is 3.66. The second kappa shape index (κ2) is 2.68. The van der Waals surface area contributed by atoms with Crippen LogP contribution in [0.2, 0.25) is 0 Å². The molecular formula is C6H5N3OS. The molecule has 4 nitrogen and oxygen atoms in total. The molecule has 11 heavy (non-hydrogen) atoms. The third kappa shape index (κ3) is 1.36. The van der Waals surface area contributed by atoms with Crippen LogP contribution in [-0.4, -0.2) is 9.97 Å². The summed E-state index contributed by atoms with van der Waals surface area (Å²) in [6.45, 7) is 1.63. The lowest BCUT2D eigenvalue weighted by Crippen LogP contribution is -2.13. The van der Waals surface area contributed by atoms with E-state index in [-0.39, 0.29) is 10.3 Å². The van der Waals surface area contributed by atoms with Gasteiger partial charge in [-0.15, -0.1) is 0 Å². The summed E-state index contributed by atoms with van der Waals surface area (Å²) in [4.78, 5) is 15.9. The van der Waals surface area contributed by atoms with Gasteiger partial charge in [-0.1, -0.05) is 0 Å². The molecule has 56 valence electrons. The maximum absolute atomic E-state index is 10.9. The van der Waals surface area contributed by atoms with Crippen LogP contribution in [0.4, 0.5) is 0 Å². The molecular weight excluding hydrogens is 162 g/mol. The van der Waals surface area contributed by atoms with E-state index in [1.165, 1.54) is 0 Å². The van der Waals surface area contributed by atoms with Crippen molar-refractivity contribution in [2.75, 3.05) is 0 Å². The largest absolute Gasteiger partial charge is 0.335 e. The topological polar surface area (TPSA) is 72.4 Å². The zero-order valence-corrected chi connectivity index (χ0v) is 6.58. The maximum atomic E-state index is 10.9. The first-order chi connectivity index (χ1) is 5.15. The zero-order valence-electron chi connectivity index (χ0n) is 5.76. The molecule has 0 spiro atoms. The van der Waals surface area contributed by atoms with Crippen molar-refractivity contribution in [3.05, 3.63) is 26.4 Å². The number of rotatable bonds is 0. The normalized spacial score (nSPS) is 9.09. The molecule has 0 aliphatic rings. The van der Waals surface area contributed by atoms with Crippen LogP contribution < -0.4 is 5.56 Å². The van der Waals surface area contributed by atoms with E-state index in [4.69, 9.17) is 5.26 Å². The summed E-state index contributed by atoms with van der Waals surface area (Å²) >= 11 is 4.67. The Bertz CT molecular complexity index is 423. The molecule has 1 heterocycles. The van der Waals surface area contributed by atoms with E-state index in [9.17, 15) is 4.79 Å². The van der Waals surface area contributed by atoms with Crippen molar-refractivity contribution in [1.29, 1.82) is 5.26 Å². The van der Waals surface area contributed by atoms with Gasteiger partial charge in [0.25, 0.3) is 5.56 Å². The predicted molar refractivity (Wildman–Crippen MR) is 41.7 cm³/mol. The van der Waals surface area contributed by atoms with E-state index in [2.05, 4.69) is 22.2 Å². The molecule has 0 amide bonds. The molecule has 0 fully saturated rings. The number of nitriles is 1. The van der Waals surface area contributed by atoms with Crippen LogP contribution in [0.25, 0.3) is 0 Å². The van der Waals surface area contributed by atoms with Crippen molar-refractivity contribution in [1.82, 2.24) is 9.97 Å². The minimum atomic E-state index is -0.436. The first-order valence-corrected chi connectivity index (χ1v) is 3.29. The van der Waals surface area contributed by atoms with Crippen LogP contribution in [0.15, 0.2) is 4.79 Å². The van der Waals surface area contributed by atoms with Gasteiger partial charge in [0.15, 0.2) is 4.77 Å². The van der Waals surface area contributed by atoms with Gasteiger partial charge in [-0.25, -0.2) is 0 Å². The Morgan fingerprint density at radius 1 is 1.55 bits per heavy atom. The Hall–Kier alpha value is -1.41. The van der Waals surface area contributed by atoms with Crippen molar-refractivity contribution in [3.63, 3.8) is 0 Å². The summed E-state index contributed by atoms with van der Waals surface area (Å²) in [5.41, 5.74) is 0.147. The van der Waals surface area contributed by atoms with E-state index in [1.807, 2.05) is 0 Å². The highest BCUT2D eigenvalue weighted by Gasteiger charge is 2.00. The second-order valence-electron chi connectivity index (χ2n) is 2.02. The third-order valence-corrected chi connectivity index (χ3v) is 1.45. The van der Waals surface area contributed by atoms with Crippen LogP contribution in [-0.2, 0) is 0 Å². The third-order valence-electron chi connectivity index (χ3n) is 1.24. The van der Waals surface area contributed by atoms with Gasteiger partial charge in [-0.05, 0) is 19.1 Å². The van der Waals surface area contributed by atoms with E-state index in [0.717, 1.165) is 0 Å². The fraction of sp³-hybridized carbons (Fsp3) is 0.167. The number of H-pyrrole nitrogens is 2. The van der Waals surface area contributed by atoms with Gasteiger partial charge < -0.3 is 4.98 Å². The number of hydrogen-bond acceptors (Lipinski definition) is 3. The molecule has 1 aromatic rings. The van der Waals surface area contributed by atoms with Gasteiger partial charge in [-0.2, -0.15) is 5.26 Å². The molecule has 0 aliphatic heterocycles. The summed E-state index contributed by atoms with van der Waals surface area (Å²) in [6.07, 6.45) is 0. The number of aryl methyl sites for hydroxylation is 1. The van der Waals surface area contributed by atoms with Gasteiger partial charge in [0.2, 0.25) is 0 Å². The van der Waals surface area contributed by atoms with Gasteiger partial charge in [0.05, 0.1) is 0 Å². The summed E-state index contributed by atoms with van der Waals surface area (Å²) in [5.74, 6) is 0. The standard InChI is InChI=1S/C6H5N3OS/c1-3-4(2-7)5(10)9-6(11)8-3/h1H3,(H2,8,9,10,11). The minimum absolute atomic E-state index is 0.0820. The van der Waals surface area contributed by atoms with Crippen molar-refractivity contribution in [3.8, 4) is 6.07 Å². The van der Waals surface area contributed by atoms with E-state index in [1.54, 1.807) is 13.0 Å². The van der Waals surface area contributed by atoms with Crippen LogP contribution in [0.3, 0.4) is 0 Å². The molecule has 0 aliphatic carbocycles. The Labute approximate surface area is 67.5 Å². The lowest BCUT2D eigenvalue weighted by atomic mass is 10.3. The molecule has 0 atom stereocenters. The molecule has 0 unspecified atom stereocenters. The van der Waals surface area contributed by atoms with Gasteiger partial charge in [-0.3, -0.25) is 9.78 Å². The summed E-state index contributed by atoms with van der Waals surface area (Å²) in [7, 11) is 0. The molecule has 0 radical (unpaired) electrons. The van der Waals surface area contributed by atoms with E-state index >= 15 is 0 Å². The fourth-order valence-corrected chi connectivity index (χ4v) is 0.980. The monoisotopic (exact) mass is 167 g/mol. The lowest BCUT2D eigenvalue weighted by molar-refractivity contribution is 1.02. The molecule has 1 aromatic heterocycles. The minimum Gasteiger partial charge on any atom is -0.335 e. The lowest BCUT2D eigenvalue weighted by Gasteiger charge is -1.93. The van der Waals surface area contributed by atoms with E-state index < -0.39 is 5.56 Å².